The van der Waals surface area contributed by atoms with Gasteiger partial charge in [0, 0.05) is 5.92 Å². The Balaban J connectivity index is 1.92. The van der Waals surface area contributed by atoms with E-state index in [0.29, 0.717) is 24.9 Å². The maximum atomic E-state index is 11.8. The highest BCUT2D eigenvalue weighted by atomic mass is 16.4. The number of anilines is 1. The summed E-state index contributed by atoms with van der Waals surface area (Å²) in [6, 6.07) is 0. The zero-order valence-corrected chi connectivity index (χ0v) is 9.17. The minimum Gasteiger partial charge on any atom is -0.481 e. The van der Waals surface area contributed by atoms with E-state index in [1.807, 2.05) is 0 Å². The molecule has 1 aromatic heterocycles. The Kier molecular flexibility index (Phi) is 3.32. The van der Waals surface area contributed by atoms with Crippen LogP contribution >= 0.6 is 0 Å². The molecule has 1 heterocycles. The van der Waals surface area contributed by atoms with Crippen LogP contribution in [0.4, 0.5) is 5.69 Å². The van der Waals surface area contributed by atoms with E-state index >= 15 is 0 Å². The first-order valence-corrected chi connectivity index (χ1v) is 5.45. The highest BCUT2D eigenvalue weighted by molar-refractivity contribution is 5.92. The third kappa shape index (κ3) is 2.77. The summed E-state index contributed by atoms with van der Waals surface area (Å²) >= 11 is 0. The molecule has 1 aliphatic carbocycles. The monoisotopic (exact) mass is 235 g/mol. The molecule has 0 aliphatic heterocycles. The lowest BCUT2D eigenvalue weighted by Crippen LogP contribution is -2.21. The van der Waals surface area contributed by atoms with Crippen molar-refractivity contribution in [2.24, 2.45) is 11.8 Å². The quantitative estimate of drug-likeness (QED) is 0.812. The first kappa shape index (κ1) is 11.5. The van der Waals surface area contributed by atoms with Gasteiger partial charge in [0.1, 0.15) is 6.33 Å². The van der Waals surface area contributed by atoms with Gasteiger partial charge < -0.3 is 10.4 Å². The van der Waals surface area contributed by atoms with Crippen molar-refractivity contribution in [1.82, 2.24) is 9.97 Å². The molecule has 17 heavy (non-hydrogen) atoms. The minimum atomic E-state index is -0.816. The third-order valence-corrected chi connectivity index (χ3v) is 2.98. The number of carbonyl (C=O) groups excluding carboxylic acids is 1. The number of amides is 1. The summed E-state index contributed by atoms with van der Waals surface area (Å²) in [5.41, 5.74) is 0.538. The number of carbonyl (C=O) groups is 2. The Morgan fingerprint density at radius 1 is 1.24 bits per heavy atom. The van der Waals surface area contributed by atoms with E-state index in [1.54, 1.807) is 0 Å². The van der Waals surface area contributed by atoms with E-state index in [-0.39, 0.29) is 11.8 Å². The molecule has 0 bridgehead atoms. The first-order valence-electron chi connectivity index (χ1n) is 5.45. The fourth-order valence-corrected chi connectivity index (χ4v) is 2.05. The molecule has 1 saturated carbocycles. The molecule has 2 atom stereocenters. The lowest BCUT2D eigenvalue weighted by Gasteiger charge is -2.09. The Labute approximate surface area is 98.1 Å². The Hall–Kier alpha value is -1.98. The molecule has 0 radical (unpaired) electrons. The molecule has 2 N–H and O–H groups in total. The van der Waals surface area contributed by atoms with Crippen molar-refractivity contribution in [2.45, 2.75) is 19.3 Å². The van der Waals surface area contributed by atoms with Gasteiger partial charge in [-0.3, -0.25) is 9.59 Å². The maximum absolute atomic E-state index is 11.8. The van der Waals surface area contributed by atoms with Crippen molar-refractivity contribution in [3.8, 4) is 0 Å². The zero-order valence-electron chi connectivity index (χ0n) is 9.17. The lowest BCUT2D eigenvalue weighted by atomic mass is 10.0. The van der Waals surface area contributed by atoms with Crippen molar-refractivity contribution >= 4 is 17.6 Å². The molecule has 0 spiro atoms. The number of carboxylic acids is 1. The topological polar surface area (TPSA) is 92.2 Å². The highest BCUT2D eigenvalue weighted by Gasteiger charge is 2.33. The predicted molar refractivity (Wildman–Crippen MR) is 59.1 cm³/mol. The first-order chi connectivity index (χ1) is 8.16. The number of hydrogen-bond donors (Lipinski definition) is 2. The molecular weight excluding hydrogens is 222 g/mol. The average molecular weight is 235 g/mol. The number of carboxylic acid groups (broad SMARTS) is 1. The number of nitrogens with zero attached hydrogens (tertiary/aromatic N) is 2. The van der Waals surface area contributed by atoms with Crippen LogP contribution in [0.2, 0.25) is 0 Å². The lowest BCUT2D eigenvalue weighted by molar-refractivity contribution is -0.141. The van der Waals surface area contributed by atoms with Crippen LogP contribution in [-0.4, -0.2) is 27.0 Å². The van der Waals surface area contributed by atoms with Gasteiger partial charge in [-0.2, -0.15) is 0 Å². The van der Waals surface area contributed by atoms with E-state index in [0.717, 1.165) is 0 Å². The van der Waals surface area contributed by atoms with E-state index in [4.69, 9.17) is 5.11 Å². The van der Waals surface area contributed by atoms with Gasteiger partial charge in [0.05, 0.1) is 24.0 Å². The van der Waals surface area contributed by atoms with Crippen LogP contribution in [0.1, 0.15) is 19.3 Å². The van der Waals surface area contributed by atoms with Gasteiger partial charge in [0.15, 0.2) is 0 Å². The summed E-state index contributed by atoms with van der Waals surface area (Å²) in [4.78, 5) is 30.2. The summed E-state index contributed by atoms with van der Waals surface area (Å²) in [6.07, 6.45) is 6.00. The van der Waals surface area contributed by atoms with E-state index in [9.17, 15) is 9.59 Å². The van der Waals surface area contributed by atoms with Crippen LogP contribution in [0.25, 0.3) is 0 Å². The number of aromatic nitrogens is 2. The van der Waals surface area contributed by atoms with Gasteiger partial charge in [-0.15, -0.1) is 0 Å². The van der Waals surface area contributed by atoms with E-state index in [2.05, 4.69) is 15.3 Å². The SMILES string of the molecule is O=C(O)[C@H]1CC[C@@H](C(=O)Nc2cncnc2)C1. The summed E-state index contributed by atoms with van der Waals surface area (Å²) in [7, 11) is 0. The molecule has 0 unspecified atom stereocenters. The fourth-order valence-electron chi connectivity index (χ4n) is 2.05. The molecule has 0 aromatic carbocycles. The molecular formula is C11H13N3O3. The normalized spacial score (nSPS) is 23.3. The summed E-state index contributed by atoms with van der Waals surface area (Å²) in [6.45, 7) is 0. The van der Waals surface area contributed by atoms with E-state index in [1.165, 1.54) is 18.7 Å². The number of nitrogens with one attached hydrogen (secondary N) is 1. The Morgan fingerprint density at radius 3 is 2.47 bits per heavy atom. The molecule has 6 heteroatoms. The van der Waals surface area contributed by atoms with Crippen molar-refractivity contribution in [2.75, 3.05) is 5.32 Å². The van der Waals surface area contributed by atoms with Crippen LogP contribution in [0.3, 0.4) is 0 Å². The smallest absolute Gasteiger partial charge is 0.306 e. The van der Waals surface area contributed by atoms with Gasteiger partial charge in [0.2, 0.25) is 5.91 Å². The van der Waals surface area contributed by atoms with Crippen LogP contribution in [0.5, 0.6) is 0 Å². The third-order valence-electron chi connectivity index (χ3n) is 2.98. The second-order valence-corrected chi connectivity index (χ2v) is 4.16. The maximum Gasteiger partial charge on any atom is 0.306 e. The second kappa shape index (κ2) is 4.90. The van der Waals surface area contributed by atoms with Gasteiger partial charge in [-0.05, 0) is 19.3 Å². The van der Waals surface area contributed by atoms with Crippen molar-refractivity contribution in [3.63, 3.8) is 0 Å². The molecule has 1 fully saturated rings. The summed E-state index contributed by atoms with van der Waals surface area (Å²) < 4.78 is 0. The number of aliphatic carboxylic acids is 1. The molecule has 1 aliphatic rings. The largest absolute Gasteiger partial charge is 0.481 e. The number of rotatable bonds is 3. The summed E-state index contributed by atoms with van der Waals surface area (Å²) in [5.74, 6) is -1.58. The molecule has 1 aromatic rings. The highest BCUT2D eigenvalue weighted by Crippen LogP contribution is 2.31. The van der Waals surface area contributed by atoms with Gasteiger partial charge in [-0.1, -0.05) is 0 Å². The van der Waals surface area contributed by atoms with Crippen LogP contribution in [0.15, 0.2) is 18.7 Å². The molecule has 1 amide bonds. The van der Waals surface area contributed by atoms with E-state index < -0.39 is 11.9 Å². The van der Waals surface area contributed by atoms with Crippen LogP contribution in [-0.2, 0) is 9.59 Å². The molecule has 0 saturated heterocycles. The van der Waals surface area contributed by atoms with Crippen molar-refractivity contribution in [3.05, 3.63) is 18.7 Å². The predicted octanol–water partition coefficient (Wildman–Crippen LogP) is 0.916. The van der Waals surface area contributed by atoms with Gasteiger partial charge in [-0.25, -0.2) is 9.97 Å². The van der Waals surface area contributed by atoms with Crippen LogP contribution < -0.4 is 5.32 Å². The standard InChI is InChI=1S/C11H13N3O3/c15-10(14-9-4-12-6-13-5-9)7-1-2-8(3-7)11(16)17/h4-8H,1-3H2,(H,14,15)(H,16,17)/t7-,8+/m1/s1. The average Bonchev–Trinajstić information content (AvgIpc) is 2.79. The molecule has 90 valence electrons. The minimum absolute atomic E-state index is 0.149. The Morgan fingerprint density at radius 2 is 1.88 bits per heavy atom. The van der Waals surface area contributed by atoms with Crippen LogP contribution in [0, 0.1) is 11.8 Å². The summed E-state index contributed by atoms with van der Waals surface area (Å²) in [5, 5.41) is 11.5. The van der Waals surface area contributed by atoms with Gasteiger partial charge in [0.25, 0.3) is 0 Å². The molecule has 2 rings (SSSR count). The Bertz CT molecular complexity index is 421. The fraction of sp³-hybridized carbons (Fsp3) is 0.455. The second-order valence-electron chi connectivity index (χ2n) is 4.16. The molecule has 6 nitrogen and oxygen atoms in total. The van der Waals surface area contributed by atoms with Gasteiger partial charge >= 0.3 is 5.97 Å². The number of hydrogen-bond acceptors (Lipinski definition) is 4. The van der Waals surface area contributed by atoms with Crippen molar-refractivity contribution in [1.29, 1.82) is 0 Å². The zero-order chi connectivity index (χ0) is 12.3. The van der Waals surface area contributed by atoms with Crippen molar-refractivity contribution < 1.29 is 14.7 Å².